The fourth-order valence-corrected chi connectivity index (χ4v) is 3.39. The summed E-state index contributed by atoms with van der Waals surface area (Å²) in [6.45, 7) is 1.15. The Labute approximate surface area is 78.0 Å². The minimum absolute atomic E-state index is 0.433. The van der Waals surface area contributed by atoms with Crippen LogP contribution in [-0.4, -0.2) is 17.7 Å². The molecule has 0 N–H and O–H groups in total. The molecule has 1 fully saturated rings. The summed E-state index contributed by atoms with van der Waals surface area (Å²) in [5.41, 5.74) is -0.433. The zero-order chi connectivity index (χ0) is 9.19. The van der Waals surface area contributed by atoms with Crippen LogP contribution in [0.4, 0.5) is 13.2 Å². The maximum absolute atomic E-state index is 12.1. The molecule has 1 rings (SSSR count). The van der Waals surface area contributed by atoms with Gasteiger partial charge in [0.15, 0.2) is 0 Å². The molecule has 0 radical (unpaired) electrons. The first kappa shape index (κ1) is 10.3. The first-order valence-corrected chi connectivity index (χ1v) is 5.52. The molecule has 5 heteroatoms. The highest BCUT2D eigenvalue weighted by molar-refractivity contribution is 8.22. The quantitative estimate of drug-likeness (QED) is 0.603. The summed E-state index contributed by atoms with van der Waals surface area (Å²) in [7, 11) is 0. The van der Waals surface area contributed by atoms with Gasteiger partial charge in [0.2, 0.25) is 0 Å². The number of alkyl halides is 3. The Kier molecular flexibility index (Phi) is 3.40. The normalized spacial score (nSPS) is 19.5. The number of rotatable bonds is 0. The van der Waals surface area contributed by atoms with Gasteiger partial charge in [0.25, 0.3) is 0 Å². The van der Waals surface area contributed by atoms with Crippen LogP contribution >= 0.6 is 23.5 Å². The zero-order valence-electron chi connectivity index (χ0n) is 6.57. The lowest BCUT2D eigenvalue weighted by molar-refractivity contribution is -0.0912. The molecule has 1 heterocycles. The molecule has 1 aliphatic heterocycles. The Morgan fingerprint density at radius 1 is 1.25 bits per heavy atom. The van der Waals surface area contributed by atoms with E-state index in [1.807, 2.05) is 0 Å². The second kappa shape index (κ2) is 3.96. The third-order valence-corrected chi connectivity index (χ3v) is 4.32. The van der Waals surface area contributed by atoms with Crippen molar-refractivity contribution >= 4 is 23.5 Å². The van der Waals surface area contributed by atoms with Gasteiger partial charge in [0.05, 0.1) is 0 Å². The Morgan fingerprint density at radius 2 is 1.75 bits per heavy atom. The molecule has 0 bridgehead atoms. The third kappa shape index (κ3) is 2.62. The van der Waals surface area contributed by atoms with Gasteiger partial charge in [-0.05, 0) is 24.9 Å². The van der Waals surface area contributed by atoms with E-state index in [4.69, 9.17) is 0 Å². The Morgan fingerprint density at radius 3 is 2.17 bits per heavy atom. The summed E-state index contributed by atoms with van der Waals surface area (Å²) in [6.07, 6.45) is -3.14. The van der Waals surface area contributed by atoms with E-state index in [2.05, 4.69) is 0 Å². The fourth-order valence-electron chi connectivity index (χ4n) is 0.763. The summed E-state index contributed by atoms with van der Waals surface area (Å²) in [5.74, 6) is 1.63. The van der Waals surface area contributed by atoms with Crippen molar-refractivity contribution in [1.29, 1.82) is 0 Å². The molecule has 0 nitrogen and oxygen atoms in total. The van der Waals surface area contributed by atoms with E-state index >= 15 is 0 Å². The number of hydrogen-bond donors (Lipinski definition) is 0. The van der Waals surface area contributed by atoms with Gasteiger partial charge in [-0.2, -0.15) is 13.2 Å². The van der Waals surface area contributed by atoms with Crippen molar-refractivity contribution in [2.24, 2.45) is 0 Å². The third-order valence-electron chi connectivity index (χ3n) is 1.49. The molecule has 1 saturated heterocycles. The second-order valence-corrected chi connectivity index (χ2v) is 4.93. The molecular weight excluding hydrogens is 205 g/mol. The predicted octanol–water partition coefficient (Wildman–Crippen LogP) is 3.65. The van der Waals surface area contributed by atoms with E-state index in [1.54, 1.807) is 0 Å². The Balaban J connectivity index is 2.74. The van der Waals surface area contributed by atoms with Crippen molar-refractivity contribution in [3.8, 4) is 0 Å². The lowest BCUT2D eigenvalue weighted by Gasteiger charge is -2.17. The molecule has 0 saturated carbocycles. The number of halogens is 3. The molecule has 0 atom stereocenters. The van der Waals surface area contributed by atoms with Crippen molar-refractivity contribution in [1.82, 2.24) is 0 Å². The first-order chi connectivity index (χ1) is 5.52. The van der Waals surface area contributed by atoms with E-state index < -0.39 is 11.7 Å². The Hall–Kier alpha value is 0.230. The largest absolute Gasteiger partial charge is 0.413 e. The molecule has 0 unspecified atom stereocenters. The van der Waals surface area contributed by atoms with Crippen molar-refractivity contribution in [3.05, 3.63) is 9.81 Å². The average molecular weight is 214 g/mol. The van der Waals surface area contributed by atoms with Crippen LogP contribution in [0.25, 0.3) is 0 Å². The van der Waals surface area contributed by atoms with Gasteiger partial charge in [0.1, 0.15) is 0 Å². The van der Waals surface area contributed by atoms with E-state index in [-0.39, 0.29) is 0 Å². The van der Waals surface area contributed by atoms with Gasteiger partial charge in [-0.15, -0.1) is 23.5 Å². The summed E-state index contributed by atoms with van der Waals surface area (Å²) in [4.78, 5) is 0. The molecule has 0 aromatic heterocycles. The summed E-state index contributed by atoms with van der Waals surface area (Å²) in [6, 6.07) is 0. The molecule has 0 aromatic rings. The van der Waals surface area contributed by atoms with Crippen molar-refractivity contribution in [2.45, 2.75) is 19.5 Å². The molecule has 12 heavy (non-hydrogen) atoms. The number of hydrogen-bond acceptors (Lipinski definition) is 2. The van der Waals surface area contributed by atoms with E-state index in [0.29, 0.717) is 4.24 Å². The monoisotopic (exact) mass is 214 g/mol. The molecule has 0 aliphatic carbocycles. The van der Waals surface area contributed by atoms with Crippen LogP contribution in [0.2, 0.25) is 0 Å². The van der Waals surface area contributed by atoms with Gasteiger partial charge >= 0.3 is 6.18 Å². The summed E-state index contributed by atoms with van der Waals surface area (Å²) >= 11 is 2.64. The van der Waals surface area contributed by atoms with Crippen molar-refractivity contribution in [3.63, 3.8) is 0 Å². The van der Waals surface area contributed by atoms with E-state index in [1.165, 1.54) is 23.5 Å². The van der Waals surface area contributed by atoms with Crippen LogP contribution in [0.1, 0.15) is 13.3 Å². The molecular formula is C7H9F3S2. The minimum Gasteiger partial charge on any atom is -0.166 e. The summed E-state index contributed by atoms with van der Waals surface area (Å²) < 4.78 is 36.9. The molecule has 0 aromatic carbocycles. The highest BCUT2D eigenvalue weighted by atomic mass is 32.2. The van der Waals surface area contributed by atoms with E-state index in [9.17, 15) is 13.2 Å². The van der Waals surface area contributed by atoms with E-state index in [0.717, 1.165) is 24.9 Å². The maximum atomic E-state index is 12.1. The van der Waals surface area contributed by atoms with Crippen LogP contribution in [-0.2, 0) is 0 Å². The van der Waals surface area contributed by atoms with Gasteiger partial charge in [-0.25, -0.2) is 0 Å². The fraction of sp³-hybridized carbons (Fsp3) is 0.714. The second-order valence-electron chi connectivity index (χ2n) is 2.46. The van der Waals surface area contributed by atoms with Gasteiger partial charge in [0, 0.05) is 9.81 Å². The summed E-state index contributed by atoms with van der Waals surface area (Å²) in [5, 5.41) is 0. The van der Waals surface area contributed by atoms with Crippen LogP contribution < -0.4 is 0 Å². The molecule has 1 aliphatic rings. The minimum atomic E-state index is -4.15. The lowest BCUT2D eigenvalue weighted by Crippen LogP contribution is -2.11. The maximum Gasteiger partial charge on any atom is 0.413 e. The number of allylic oxidation sites excluding steroid dienone is 1. The predicted molar refractivity (Wildman–Crippen MR) is 48.3 cm³/mol. The van der Waals surface area contributed by atoms with Gasteiger partial charge in [-0.3, -0.25) is 0 Å². The average Bonchev–Trinajstić information content (AvgIpc) is 2.03. The molecule has 0 amide bonds. The standard InChI is InChI=1S/C7H9F3S2/c1-5(7(8,9)10)6-11-3-2-4-12-6/h2-4H2,1H3. The molecule has 0 spiro atoms. The topological polar surface area (TPSA) is 0 Å². The van der Waals surface area contributed by atoms with Crippen LogP contribution in [0.3, 0.4) is 0 Å². The first-order valence-electron chi connectivity index (χ1n) is 3.55. The van der Waals surface area contributed by atoms with Crippen molar-refractivity contribution < 1.29 is 13.2 Å². The highest BCUT2D eigenvalue weighted by Gasteiger charge is 2.33. The van der Waals surface area contributed by atoms with Crippen molar-refractivity contribution in [2.75, 3.05) is 11.5 Å². The lowest BCUT2D eigenvalue weighted by atomic mass is 10.3. The smallest absolute Gasteiger partial charge is 0.166 e. The Bertz CT molecular complexity index is 187. The van der Waals surface area contributed by atoms with Gasteiger partial charge in [-0.1, -0.05) is 0 Å². The molecule has 70 valence electrons. The van der Waals surface area contributed by atoms with Gasteiger partial charge < -0.3 is 0 Å². The highest BCUT2D eigenvalue weighted by Crippen LogP contribution is 2.41. The van der Waals surface area contributed by atoms with Crippen LogP contribution in [0.15, 0.2) is 9.81 Å². The SMILES string of the molecule is CC(=C1SCCCS1)C(F)(F)F. The van der Waals surface area contributed by atoms with Crippen LogP contribution in [0, 0.1) is 0 Å². The van der Waals surface area contributed by atoms with Crippen LogP contribution in [0.5, 0.6) is 0 Å². The number of thioether (sulfide) groups is 2. The zero-order valence-corrected chi connectivity index (χ0v) is 8.20.